The molecular weight excluding hydrogens is 361 g/mol. The quantitative estimate of drug-likeness (QED) is 0.769. The molecule has 0 unspecified atom stereocenters. The smallest absolute Gasteiger partial charge is 0.410 e. The van der Waals surface area contributed by atoms with Gasteiger partial charge in [0.05, 0.1) is 12.3 Å². The number of nitrogens with one attached hydrogen (secondary N) is 1. The molecule has 2 rings (SSSR count). The van der Waals surface area contributed by atoms with Crippen molar-refractivity contribution in [3.05, 3.63) is 29.8 Å². The molecule has 2 heterocycles. The summed E-state index contributed by atoms with van der Waals surface area (Å²) in [5.41, 5.74) is -0.188. The van der Waals surface area contributed by atoms with Gasteiger partial charge < -0.3 is 20.1 Å². The monoisotopic (exact) mass is 395 g/mol. The van der Waals surface area contributed by atoms with Crippen LogP contribution in [0.5, 0.6) is 0 Å². The number of ether oxygens (including phenoxy) is 1. The lowest BCUT2D eigenvalue weighted by Gasteiger charge is -2.37. The summed E-state index contributed by atoms with van der Waals surface area (Å²) in [5, 5.41) is 13.7. The van der Waals surface area contributed by atoms with Gasteiger partial charge in [-0.1, -0.05) is 0 Å². The molecule has 0 saturated carbocycles. The van der Waals surface area contributed by atoms with E-state index in [1.165, 1.54) is 12.3 Å². The van der Waals surface area contributed by atoms with Gasteiger partial charge in [-0.25, -0.2) is 9.18 Å². The van der Waals surface area contributed by atoms with Gasteiger partial charge >= 0.3 is 6.09 Å². The van der Waals surface area contributed by atoms with Crippen LogP contribution in [0.2, 0.25) is 0 Å². The summed E-state index contributed by atoms with van der Waals surface area (Å²) < 4.78 is 18.7. The average Bonchev–Trinajstić information content (AvgIpc) is 2.58. The Balaban J connectivity index is 1.77. The predicted octanol–water partition coefficient (Wildman–Crippen LogP) is 3.66. The van der Waals surface area contributed by atoms with Gasteiger partial charge in [0.1, 0.15) is 11.4 Å². The van der Waals surface area contributed by atoms with Crippen LogP contribution in [0.3, 0.4) is 0 Å². The molecule has 158 valence electrons. The number of β-amino-alcohol motifs (C(OH)–C–C–N with tert-alkyl or cyclic N) is 1. The summed E-state index contributed by atoms with van der Waals surface area (Å²) in [6.45, 7) is 11.6. The Labute approximate surface area is 167 Å². The van der Waals surface area contributed by atoms with Gasteiger partial charge in [0.2, 0.25) is 0 Å². The first kappa shape index (κ1) is 22.6. The maximum absolute atomic E-state index is 13.3. The van der Waals surface area contributed by atoms with E-state index in [0.29, 0.717) is 31.1 Å². The van der Waals surface area contributed by atoms with Crippen LogP contribution in [0.25, 0.3) is 0 Å². The first-order valence-corrected chi connectivity index (χ1v) is 9.97. The molecule has 0 bridgehead atoms. The fourth-order valence-electron chi connectivity index (χ4n) is 3.54. The van der Waals surface area contributed by atoms with Gasteiger partial charge in [-0.3, -0.25) is 4.98 Å². The Kier molecular flexibility index (Phi) is 7.39. The molecule has 0 spiro atoms. The first-order valence-electron chi connectivity index (χ1n) is 9.97. The van der Waals surface area contributed by atoms with Crippen LogP contribution < -0.4 is 5.32 Å². The Hall–Kier alpha value is -1.73. The number of aromatic nitrogens is 1. The largest absolute Gasteiger partial charge is 0.444 e. The fraction of sp³-hybridized carbons (Fsp3) is 0.714. The highest BCUT2D eigenvalue weighted by Gasteiger charge is 2.30. The molecule has 2 N–H and O–H groups in total. The first-order chi connectivity index (χ1) is 13.0. The molecule has 28 heavy (non-hydrogen) atoms. The van der Waals surface area contributed by atoms with Crippen molar-refractivity contribution < 1.29 is 19.0 Å². The predicted molar refractivity (Wildman–Crippen MR) is 106 cm³/mol. The second-order valence-corrected chi connectivity index (χ2v) is 9.33. The molecule has 7 heteroatoms. The van der Waals surface area contributed by atoms with E-state index in [9.17, 15) is 14.3 Å². The van der Waals surface area contributed by atoms with Gasteiger partial charge in [0.25, 0.3) is 0 Å². The van der Waals surface area contributed by atoms with Crippen molar-refractivity contribution in [3.8, 4) is 0 Å². The summed E-state index contributed by atoms with van der Waals surface area (Å²) in [6.07, 6.45) is 4.35. The van der Waals surface area contributed by atoms with E-state index in [-0.39, 0.29) is 11.6 Å². The average molecular weight is 396 g/mol. The highest BCUT2D eigenvalue weighted by atomic mass is 19.1. The Morgan fingerprint density at radius 1 is 1.32 bits per heavy atom. The van der Waals surface area contributed by atoms with E-state index in [2.05, 4.69) is 24.1 Å². The van der Waals surface area contributed by atoms with Crippen molar-refractivity contribution in [2.24, 2.45) is 5.92 Å². The molecule has 1 amide bonds. The molecule has 6 nitrogen and oxygen atoms in total. The number of aliphatic hydroxyl groups is 1. The van der Waals surface area contributed by atoms with Crippen molar-refractivity contribution in [2.45, 2.75) is 71.1 Å². The third-order valence-electron chi connectivity index (χ3n) is 4.95. The number of halogens is 1. The lowest BCUT2D eigenvalue weighted by molar-refractivity contribution is 0.0171. The molecule has 1 atom stereocenters. The van der Waals surface area contributed by atoms with Gasteiger partial charge in [0, 0.05) is 36.9 Å². The number of piperidine rings is 1. The maximum atomic E-state index is 13.3. The summed E-state index contributed by atoms with van der Waals surface area (Å²) in [6, 6.07) is 1.30. The SMILES string of the molecule is CC(C)(CC1CCN(C(=O)OC(C)(C)C)CC1)NC[C@H](O)c1cncc(F)c1. The van der Waals surface area contributed by atoms with Crippen LogP contribution in [-0.4, -0.2) is 51.9 Å². The van der Waals surface area contributed by atoms with Crippen LogP contribution in [0.15, 0.2) is 18.5 Å². The van der Waals surface area contributed by atoms with E-state index in [4.69, 9.17) is 4.74 Å². The summed E-state index contributed by atoms with van der Waals surface area (Å²) in [4.78, 5) is 17.7. The minimum atomic E-state index is -0.809. The molecular formula is C21H34FN3O3. The maximum Gasteiger partial charge on any atom is 0.410 e. The molecule has 1 saturated heterocycles. The summed E-state index contributed by atoms with van der Waals surface area (Å²) in [5.74, 6) is 0.0433. The molecule has 0 radical (unpaired) electrons. The number of aliphatic hydroxyl groups excluding tert-OH is 1. The number of carbonyl (C=O) groups is 1. The second kappa shape index (κ2) is 9.18. The standard InChI is InChI=1S/C21H34FN3O3/c1-20(2,3)28-19(27)25-8-6-15(7-9-25)11-21(4,5)24-14-18(26)16-10-17(22)13-23-12-16/h10,12-13,15,18,24,26H,6-9,11,14H2,1-5H3/t18-/m0/s1. The van der Waals surface area contributed by atoms with Crippen molar-refractivity contribution >= 4 is 6.09 Å². The molecule has 1 aromatic rings. The molecule has 1 aromatic heterocycles. The number of amides is 1. The number of hydrogen-bond donors (Lipinski definition) is 2. The molecule has 1 aliphatic heterocycles. The van der Waals surface area contributed by atoms with Crippen LogP contribution in [0, 0.1) is 11.7 Å². The van der Waals surface area contributed by atoms with E-state index in [1.54, 1.807) is 4.90 Å². The Morgan fingerprint density at radius 2 is 1.96 bits per heavy atom. The number of pyridine rings is 1. The number of nitrogens with zero attached hydrogens (tertiary/aromatic N) is 2. The van der Waals surface area contributed by atoms with Gasteiger partial charge in [-0.05, 0) is 65.9 Å². The zero-order chi connectivity index (χ0) is 20.9. The van der Waals surface area contributed by atoms with Crippen LogP contribution in [0.1, 0.15) is 65.5 Å². The zero-order valence-electron chi connectivity index (χ0n) is 17.7. The number of carbonyl (C=O) groups excluding carboxylic acids is 1. The minimum Gasteiger partial charge on any atom is -0.444 e. The lowest BCUT2D eigenvalue weighted by atomic mass is 9.84. The molecule has 1 fully saturated rings. The highest BCUT2D eigenvalue weighted by Crippen LogP contribution is 2.27. The Bertz CT molecular complexity index is 653. The van der Waals surface area contributed by atoms with Crippen molar-refractivity contribution in [1.82, 2.24) is 15.2 Å². The van der Waals surface area contributed by atoms with E-state index >= 15 is 0 Å². The van der Waals surface area contributed by atoms with E-state index in [1.807, 2.05) is 20.8 Å². The van der Waals surface area contributed by atoms with Crippen molar-refractivity contribution in [2.75, 3.05) is 19.6 Å². The van der Waals surface area contributed by atoms with E-state index < -0.39 is 17.5 Å². The summed E-state index contributed by atoms with van der Waals surface area (Å²) in [7, 11) is 0. The highest BCUT2D eigenvalue weighted by molar-refractivity contribution is 5.68. The second-order valence-electron chi connectivity index (χ2n) is 9.33. The van der Waals surface area contributed by atoms with Gasteiger partial charge in [-0.15, -0.1) is 0 Å². The number of rotatable bonds is 6. The van der Waals surface area contributed by atoms with Crippen LogP contribution in [0.4, 0.5) is 9.18 Å². The Morgan fingerprint density at radius 3 is 2.54 bits per heavy atom. The normalized spacial score (nSPS) is 17.5. The topological polar surface area (TPSA) is 74.7 Å². The molecule has 1 aliphatic rings. The minimum absolute atomic E-state index is 0.180. The van der Waals surface area contributed by atoms with Gasteiger partial charge in [-0.2, -0.15) is 0 Å². The third kappa shape index (κ3) is 7.36. The van der Waals surface area contributed by atoms with Gasteiger partial charge in [0.15, 0.2) is 0 Å². The van der Waals surface area contributed by atoms with Crippen molar-refractivity contribution in [3.63, 3.8) is 0 Å². The van der Waals surface area contributed by atoms with Crippen LogP contribution >= 0.6 is 0 Å². The third-order valence-corrected chi connectivity index (χ3v) is 4.95. The lowest BCUT2D eigenvalue weighted by Crippen LogP contribution is -2.46. The van der Waals surface area contributed by atoms with Crippen LogP contribution in [-0.2, 0) is 4.74 Å². The number of hydrogen-bond acceptors (Lipinski definition) is 5. The van der Waals surface area contributed by atoms with E-state index in [0.717, 1.165) is 25.5 Å². The van der Waals surface area contributed by atoms with Crippen molar-refractivity contribution in [1.29, 1.82) is 0 Å². The molecule has 0 aromatic carbocycles. The zero-order valence-corrected chi connectivity index (χ0v) is 17.7. The molecule has 0 aliphatic carbocycles. The number of likely N-dealkylation sites (tertiary alicyclic amines) is 1. The fourth-order valence-corrected chi connectivity index (χ4v) is 3.54. The summed E-state index contributed by atoms with van der Waals surface area (Å²) >= 11 is 0.